The maximum atomic E-state index is 13.1. The van der Waals surface area contributed by atoms with Crippen LogP contribution >= 0.6 is 0 Å². The number of methoxy groups -OCH3 is 1. The number of sulfone groups is 1. The molecule has 0 aromatic carbocycles. The summed E-state index contributed by atoms with van der Waals surface area (Å²) < 4.78 is 30.9. The summed E-state index contributed by atoms with van der Waals surface area (Å²) in [4.78, 5) is 23.4. The number of carbonyl (C=O) groups excluding carboxylic acids is 2. The van der Waals surface area contributed by atoms with Crippen LogP contribution in [0.4, 0.5) is 0 Å². The van der Waals surface area contributed by atoms with Crippen LogP contribution in [0.1, 0.15) is 104 Å². The van der Waals surface area contributed by atoms with Crippen LogP contribution in [0.15, 0.2) is 12.2 Å². The number of aliphatic hydroxyl groups excluding tert-OH is 2. The topological polar surface area (TPSA) is 130 Å². The van der Waals surface area contributed by atoms with Crippen molar-refractivity contribution >= 4 is 21.7 Å². The molecule has 9 heteroatoms. The van der Waals surface area contributed by atoms with E-state index in [4.69, 9.17) is 5.11 Å². The fourth-order valence-corrected chi connectivity index (χ4v) is 5.87. The number of hydrogen-bond donors (Lipinski definition) is 3. The van der Waals surface area contributed by atoms with Gasteiger partial charge in [-0.25, -0.2) is 13.2 Å². The van der Waals surface area contributed by atoms with Gasteiger partial charge in [0.15, 0.2) is 9.84 Å². The molecule has 206 valence electrons. The molecule has 0 spiro atoms. The van der Waals surface area contributed by atoms with E-state index in [1.54, 1.807) is 6.08 Å². The number of aliphatic hydroxyl groups is 2. The van der Waals surface area contributed by atoms with Crippen LogP contribution in [0, 0.1) is 0 Å². The summed E-state index contributed by atoms with van der Waals surface area (Å²) in [6.45, 7) is 3.37. The number of rotatable bonds is 22. The maximum Gasteiger partial charge on any atom is 0.329 e. The van der Waals surface area contributed by atoms with E-state index >= 15 is 0 Å². The van der Waals surface area contributed by atoms with E-state index < -0.39 is 44.9 Å². The van der Waals surface area contributed by atoms with Crippen LogP contribution in [-0.2, 0) is 24.2 Å². The Hall–Kier alpha value is -1.45. The van der Waals surface area contributed by atoms with Gasteiger partial charge in [0.1, 0.15) is 11.3 Å². The summed E-state index contributed by atoms with van der Waals surface area (Å²) >= 11 is 0. The first-order valence-corrected chi connectivity index (χ1v) is 14.9. The maximum absolute atomic E-state index is 13.1. The first-order chi connectivity index (χ1) is 16.7. The minimum atomic E-state index is -3.99. The Labute approximate surface area is 212 Å². The zero-order valence-electron chi connectivity index (χ0n) is 22.0. The third-order valence-corrected chi connectivity index (χ3v) is 8.11. The molecule has 0 heterocycles. The van der Waals surface area contributed by atoms with Crippen molar-refractivity contribution in [3.63, 3.8) is 0 Å². The minimum Gasteiger partial charge on any atom is -0.467 e. The van der Waals surface area contributed by atoms with Gasteiger partial charge in [0, 0.05) is 13.5 Å². The number of unbranched alkanes of at least 4 members (excludes halogenated alkanes) is 11. The standard InChI is InChI=1S/C26H49NO7S/c1-4-5-6-7-8-9-10-11-12-13-14-15-19-25(24(30)18-16-17-20-28)35(32,33)21-23(26(31)34-3)27-22(2)29/h15,19,23-25,28,30H,4-14,16-18,20-21H2,1-3H3,(H,27,29)/b19-15-/t23-,24-,25+/m0/s1. The summed E-state index contributed by atoms with van der Waals surface area (Å²) in [6.07, 6.45) is 16.1. The van der Waals surface area contributed by atoms with E-state index in [0.717, 1.165) is 26.4 Å². The van der Waals surface area contributed by atoms with Gasteiger partial charge in [0.05, 0.1) is 19.0 Å². The van der Waals surface area contributed by atoms with Crippen LogP contribution in [-0.4, -0.2) is 67.4 Å². The van der Waals surface area contributed by atoms with E-state index in [0.29, 0.717) is 19.3 Å². The quantitative estimate of drug-likeness (QED) is 0.113. The second-order valence-electron chi connectivity index (χ2n) is 9.26. The molecular weight excluding hydrogens is 470 g/mol. The van der Waals surface area contributed by atoms with Gasteiger partial charge in [-0.2, -0.15) is 0 Å². The van der Waals surface area contributed by atoms with Gasteiger partial charge >= 0.3 is 5.97 Å². The molecule has 8 nitrogen and oxygen atoms in total. The van der Waals surface area contributed by atoms with Crippen LogP contribution in [0.25, 0.3) is 0 Å². The monoisotopic (exact) mass is 519 g/mol. The Morgan fingerprint density at radius 3 is 2.03 bits per heavy atom. The van der Waals surface area contributed by atoms with Crippen molar-refractivity contribution in [2.24, 2.45) is 0 Å². The van der Waals surface area contributed by atoms with Crippen molar-refractivity contribution in [3.05, 3.63) is 12.2 Å². The third-order valence-electron chi connectivity index (χ3n) is 6.01. The normalized spacial score (nSPS) is 14.5. The number of amides is 1. The Balaban J connectivity index is 4.89. The summed E-state index contributed by atoms with van der Waals surface area (Å²) in [6, 6.07) is -1.34. The average Bonchev–Trinajstić information content (AvgIpc) is 2.80. The predicted octanol–water partition coefficient (Wildman–Crippen LogP) is 3.84. The van der Waals surface area contributed by atoms with Crippen LogP contribution in [0.2, 0.25) is 0 Å². The van der Waals surface area contributed by atoms with E-state index in [-0.39, 0.29) is 13.0 Å². The molecule has 3 N–H and O–H groups in total. The fourth-order valence-electron chi connectivity index (χ4n) is 4.00. The second-order valence-corrected chi connectivity index (χ2v) is 11.5. The first kappa shape index (κ1) is 33.5. The highest BCUT2D eigenvalue weighted by Gasteiger charge is 2.35. The molecule has 3 atom stereocenters. The highest BCUT2D eigenvalue weighted by atomic mass is 32.2. The van der Waals surface area contributed by atoms with Crippen molar-refractivity contribution < 1.29 is 33.0 Å². The number of allylic oxidation sites excluding steroid dienone is 1. The van der Waals surface area contributed by atoms with Gasteiger partial charge in [-0.1, -0.05) is 76.9 Å². The van der Waals surface area contributed by atoms with Gasteiger partial charge in [0.25, 0.3) is 0 Å². The van der Waals surface area contributed by atoms with Crippen LogP contribution < -0.4 is 5.32 Å². The van der Waals surface area contributed by atoms with Crippen molar-refractivity contribution in [1.82, 2.24) is 5.32 Å². The molecule has 0 radical (unpaired) electrons. The Morgan fingerprint density at radius 1 is 0.943 bits per heavy atom. The van der Waals surface area contributed by atoms with Crippen molar-refractivity contribution in [1.29, 1.82) is 0 Å². The fraction of sp³-hybridized carbons (Fsp3) is 0.846. The van der Waals surface area contributed by atoms with E-state index in [2.05, 4.69) is 17.0 Å². The highest BCUT2D eigenvalue weighted by Crippen LogP contribution is 2.18. The van der Waals surface area contributed by atoms with E-state index in [9.17, 15) is 23.1 Å². The van der Waals surface area contributed by atoms with E-state index in [1.165, 1.54) is 57.9 Å². The van der Waals surface area contributed by atoms with Gasteiger partial charge in [-0.15, -0.1) is 0 Å². The molecule has 0 aliphatic rings. The smallest absolute Gasteiger partial charge is 0.329 e. The minimum absolute atomic E-state index is 0.0360. The number of esters is 1. The first-order valence-electron chi connectivity index (χ1n) is 13.2. The molecule has 0 unspecified atom stereocenters. The van der Waals surface area contributed by atoms with Gasteiger partial charge < -0.3 is 20.3 Å². The lowest BCUT2D eigenvalue weighted by Crippen LogP contribution is -2.48. The Bertz CT molecular complexity index is 694. The number of carbonyl (C=O) groups is 2. The van der Waals surface area contributed by atoms with Crippen LogP contribution in [0.5, 0.6) is 0 Å². The second kappa shape index (κ2) is 20.7. The zero-order valence-corrected chi connectivity index (χ0v) is 22.9. The molecule has 0 aromatic heterocycles. The third kappa shape index (κ3) is 16.8. The molecule has 0 rings (SSSR count). The lowest BCUT2D eigenvalue weighted by Gasteiger charge is -2.23. The molecular formula is C26H49NO7S. The molecule has 0 saturated carbocycles. The van der Waals surface area contributed by atoms with Crippen molar-refractivity contribution in [3.8, 4) is 0 Å². The lowest BCUT2D eigenvalue weighted by atomic mass is 10.1. The van der Waals surface area contributed by atoms with Gasteiger partial charge in [0.2, 0.25) is 5.91 Å². The molecule has 1 amide bonds. The van der Waals surface area contributed by atoms with Gasteiger partial charge in [-0.3, -0.25) is 4.79 Å². The number of ether oxygens (including phenoxy) is 1. The van der Waals surface area contributed by atoms with Gasteiger partial charge in [-0.05, 0) is 32.1 Å². The molecule has 0 aliphatic carbocycles. The van der Waals surface area contributed by atoms with Crippen molar-refractivity contribution in [2.45, 2.75) is 121 Å². The molecule has 0 fully saturated rings. The molecule has 0 bridgehead atoms. The lowest BCUT2D eigenvalue weighted by molar-refractivity contribution is -0.144. The predicted molar refractivity (Wildman–Crippen MR) is 140 cm³/mol. The van der Waals surface area contributed by atoms with Crippen molar-refractivity contribution in [2.75, 3.05) is 19.5 Å². The molecule has 0 aliphatic heterocycles. The average molecular weight is 520 g/mol. The number of nitrogens with one attached hydrogen (secondary N) is 1. The Morgan fingerprint density at radius 2 is 1.51 bits per heavy atom. The summed E-state index contributed by atoms with van der Waals surface area (Å²) in [5.41, 5.74) is 0. The summed E-state index contributed by atoms with van der Waals surface area (Å²) in [5, 5.41) is 20.7. The zero-order chi connectivity index (χ0) is 26.5. The summed E-state index contributed by atoms with van der Waals surface area (Å²) in [5.74, 6) is -2.07. The molecule has 0 aromatic rings. The Kier molecular flexibility index (Phi) is 19.9. The summed E-state index contributed by atoms with van der Waals surface area (Å²) in [7, 11) is -2.87. The SMILES string of the molecule is CCCCCCCCCCCC/C=C\[C@H]([C@@H](O)CCCCO)S(=O)(=O)C[C@H](NC(C)=O)C(=O)OC. The van der Waals surface area contributed by atoms with E-state index in [1.807, 2.05) is 0 Å². The molecule has 0 saturated heterocycles. The highest BCUT2D eigenvalue weighted by molar-refractivity contribution is 7.92. The largest absolute Gasteiger partial charge is 0.467 e. The van der Waals surface area contributed by atoms with Crippen LogP contribution in [0.3, 0.4) is 0 Å². The molecule has 35 heavy (non-hydrogen) atoms. The number of hydrogen-bond acceptors (Lipinski definition) is 7.